The number of hydrogen-bond donors (Lipinski definition) is 1. The Morgan fingerprint density at radius 2 is 1.58 bits per heavy atom. The summed E-state index contributed by atoms with van der Waals surface area (Å²) in [6.07, 6.45) is -4.23. The van der Waals surface area contributed by atoms with Crippen LogP contribution < -0.4 is 5.32 Å². The predicted molar refractivity (Wildman–Crippen MR) is 100.0 cm³/mol. The number of carbonyl (C=O) groups is 2. The van der Waals surface area contributed by atoms with E-state index in [1.807, 2.05) is 13.8 Å². The average molecular weight is 442 g/mol. The molecule has 1 aliphatic carbocycles. The molecule has 0 saturated carbocycles. The van der Waals surface area contributed by atoms with Gasteiger partial charge in [-0.2, -0.15) is 26.3 Å². The first-order valence-corrected chi connectivity index (χ1v) is 9.10. The number of alkyl halides is 6. The van der Waals surface area contributed by atoms with Gasteiger partial charge in [-0.25, -0.2) is 4.99 Å². The minimum Gasteiger partial charge on any atom is -0.325 e. The van der Waals surface area contributed by atoms with Crippen molar-refractivity contribution < 1.29 is 35.9 Å². The molecule has 1 N–H and O–H groups in total. The van der Waals surface area contributed by atoms with Crippen LogP contribution in [0.1, 0.15) is 35.3 Å². The first-order valence-electron chi connectivity index (χ1n) is 9.10. The fraction of sp³-hybridized carbons (Fsp3) is 0.286. The van der Waals surface area contributed by atoms with E-state index in [1.54, 1.807) is 6.08 Å². The zero-order chi connectivity index (χ0) is 23.1. The molecule has 0 fully saturated rings. The lowest BCUT2D eigenvalue weighted by molar-refractivity contribution is -0.143. The zero-order valence-corrected chi connectivity index (χ0v) is 16.2. The molecule has 3 rings (SSSR count). The third-order valence-corrected chi connectivity index (χ3v) is 4.75. The number of nitrogens with zero attached hydrogens (tertiary/aromatic N) is 1. The second-order valence-electron chi connectivity index (χ2n) is 7.36. The highest BCUT2D eigenvalue weighted by molar-refractivity contribution is 6.14. The van der Waals surface area contributed by atoms with E-state index in [4.69, 9.17) is 0 Å². The summed E-state index contributed by atoms with van der Waals surface area (Å²) in [7, 11) is 0. The predicted octanol–water partition coefficient (Wildman–Crippen LogP) is 5.09. The highest BCUT2D eigenvalue weighted by Crippen LogP contribution is 2.37. The molecule has 31 heavy (non-hydrogen) atoms. The highest BCUT2D eigenvalue weighted by Gasteiger charge is 2.37. The zero-order valence-electron chi connectivity index (χ0n) is 16.2. The van der Waals surface area contributed by atoms with Crippen molar-refractivity contribution in [3.8, 4) is 0 Å². The molecule has 0 radical (unpaired) electrons. The van der Waals surface area contributed by atoms with Crippen LogP contribution in [0.25, 0.3) is 0 Å². The van der Waals surface area contributed by atoms with Gasteiger partial charge in [-0.15, -0.1) is 0 Å². The van der Waals surface area contributed by atoms with E-state index >= 15 is 0 Å². The van der Waals surface area contributed by atoms with Crippen molar-refractivity contribution >= 4 is 17.5 Å². The van der Waals surface area contributed by atoms with Crippen molar-refractivity contribution in [1.82, 2.24) is 5.32 Å². The fourth-order valence-electron chi connectivity index (χ4n) is 3.28. The molecule has 0 bridgehead atoms. The van der Waals surface area contributed by atoms with E-state index in [0.29, 0.717) is 17.8 Å². The molecule has 1 unspecified atom stereocenters. The van der Waals surface area contributed by atoms with E-state index in [0.717, 1.165) is 5.57 Å². The summed E-state index contributed by atoms with van der Waals surface area (Å²) in [6, 6.07) is 0.590. The molecule has 0 aromatic heterocycles. The number of rotatable bonds is 2. The van der Waals surface area contributed by atoms with Crippen LogP contribution in [-0.2, 0) is 17.1 Å². The van der Waals surface area contributed by atoms with E-state index < -0.39 is 35.0 Å². The van der Waals surface area contributed by atoms with Gasteiger partial charge < -0.3 is 5.32 Å². The minimum absolute atomic E-state index is 0.00692. The maximum absolute atomic E-state index is 13.0. The van der Waals surface area contributed by atoms with Crippen LogP contribution in [0, 0.1) is 11.8 Å². The van der Waals surface area contributed by atoms with Crippen molar-refractivity contribution in [3.63, 3.8) is 0 Å². The number of hydrogen-bond acceptors (Lipinski definition) is 2. The number of benzene rings is 1. The summed E-state index contributed by atoms with van der Waals surface area (Å²) in [5, 5.41) is 2.61. The second kappa shape index (κ2) is 7.82. The molecule has 2 amide bonds. The van der Waals surface area contributed by atoms with Gasteiger partial charge in [-0.3, -0.25) is 9.59 Å². The summed E-state index contributed by atoms with van der Waals surface area (Å²) in [5.41, 5.74) is -2.81. The van der Waals surface area contributed by atoms with Crippen LogP contribution in [0.4, 0.5) is 26.3 Å². The third-order valence-electron chi connectivity index (χ3n) is 4.75. The van der Waals surface area contributed by atoms with Crippen LogP contribution in [0.3, 0.4) is 0 Å². The van der Waals surface area contributed by atoms with Gasteiger partial charge in [0.2, 0.25) is 5.91 Å². The molecule has 2 aliphatic rings. The monoisotopic (exact) mass is 442 g/mol. The van der Waals surface area contributed by atoms with Gasteiger partial charge >= 0.3 is 12.4 Å². The first kappa shape index (κ1) is 22.5. The Labute approximate surface area is 173 Å². The van der Waals surface area contributed by atoms with Gasteiger partial charge in [-0.05, 0) is 41.8 Å². The van der Waals surface area contributed by atoms with Crippen LogP contribution >= 0.6 is 0 Å². The van der Waals surface area contributed by atoms with Crippen LogP contribution in [-0.4, -0.2) is 17.5 Å². The number of aliphatic imine (C=N–C) groups is 1. The number of amides is 2. The van der Waals surface area contributed by atoms with Crippen molar-refractivity contribution in [2.24, 2.45) is 16.8 Å². The van der Waals surface area contributed by atoms with Crippen LogP contribution in [0.5, 0.6) is 0 Å². The lowest BCUT2D eigenvalue weighted by Gasteiger charge is -2.29. The molecule has 10 heteroatoms. The van der Waals surface area contributed by atoms with Crippen LogP contribution in [0.15, 0.2) is 58.8 Å². The molecule has 0 saturated heterocycles. The SMILES string of the molecule is CC(C)C1=CC(=O)NC2=CC(=NC(=O)c3cc(C(F)(F)F)cc(C(F)(F)F)c3)C=CC21. The van der Waals surface area contributed by atoms with Crippen molar-refractivity contribution in [2.45, 2.75) is 26.2 Å². The number of nitrogens with one attached hydrogen (secondary N) is 1. The Kier molecular flexibility index (Phi) is 5.68. The summed E-state index contributed by atoms with van der Waals surface area (Å²) >= 11 is 0. The smallest absolute Gasteiger partial charge is 0.325 e. The first-order chi connectivity index (χ1) is 14.3. The maximum Gasteiger partial charge on any atom is 0.416 e. The Hall–Kier alpha value is -3.17. The Bertz CT molecular complexity index is 1030. The topological polar surface area (TPSA) is 58.5 Å². The molecule has 4 nitrogen and oxygen atoms in total. The fourth-order valence-corrected chi connectivity index (χ4v) is 3.28. The third kappa shape index (κ3) is 4.95. The lowest BCUT2D eigenvalue weighted by atomic mass is 9.82. The Morgan fingerprint density at radius 3 is 2.10 bits per heavy atom. The summed E-state index contributed by atoms with van der Waals surface area (Å²) < 4.78 is 78.0. The van der Waals surface area contributed by atoms with Gasteiger partial charge in [0.15, 0.2) is 0 Å². The van der Waals surface area contributed by atoms with Crippen molar-refractivity contribution in [3.05, 3.63) is 70.5 Å². The maximum atomic E-state index is 13.0. The number of carbonyl (C=O) groups excluding carboxylic acids is 2. The van der Waals surface area contributed by atoms with E-state index in [2.05, 4.69) is 10.3 Å². The Morgan fingerprint density at radius 1 is 1.00 bits per heavy atom. The van der Waals surface area contributed by atoms with Crippen molar-refractivity contribution in [2.75, 3.05) is 0 Å². The molecule has 1 aliphatic heterocycles. The average Bonchev–Trinajstić information content (AvgIpc) is 2.65. The summed E-state index contributed by atoms with van der Waals surface area (Å²) in [4.78, 5) is 27.9. The molecule has 0 spiro atoms. The minimum atomic E-state index is -5.07. The summed E-state index contributed by atoms with van der Waals surface area (Å²) in [6.45, 7) is 3.80. The van der Waals surface area contributed by atoms with E-state index in [-0.39, 0.29) is 29.5 Å². The molecular weight excluding hydrogens is 426 g/mol. The lowest BCUT2D eigenvalue weighted by Crippen LogP contribution is -2.34. The van der Waals surface area contributed by atoms with Gasteiger partial charge in [0.05, 0.1) is 16.8 Å². The standard InChI is InChI=1S/C21H16F6N2O2/c1-10(2)16-9-18(30)29-17-8-14(3-4-15(16)17)28-19(31)11-5-12(20(22,23)24)7-13(6-11)21(25,26)27/h3-10,15H,1-2H3,(H,29,30). The second-order valence-corrected chi connectivity index (χ2v) is 7.36. The quantitative estimate of drug-likeness (QED) is 0.649. The molecule has 1 atom stereocenters. The van der Waals surface area contributed by atoms with E-state index in [1.165, 1.54) is 18.2 Å². The molecule has 1 heterocycles. The number of halogens is 6. The van der Waals surface area contributed by atoms with Crippen molar-refractivity contribution in [1.29, 1.82) is 0 Å². The number of allylic oxidation sites excluding steroid dienone is 3. The molecule has 1 aromatic carbocycles. The molecular formula is C21H16F6N2O2. The van der Waals surface area contributed by atoms with E-state index in [9.17, 15) is 35.9 Å². The normalized spacial score (nSPS) is 20.4. The Balaban J connectivity index is 1.98. The molecule has 164 valence electrons. The van der Waals surface area contributed by atoms with Gasteiger partial charge in [0.25, 0.3) is 5.91 Å². The van der Waals surface area contributed by atoms with Crippen LogP contribution in [0.2, 0.25) is 0 Å². The summed E-state index contributed by atoms with van der Waals surface area (Å²) in [5.74, 6) is -1.86. The molecule has 1 aromatic rings. The van der Waals surface area contributed by atoms with Gasteiger partial charge in [0.1, 0.15) is 0 Å². The largest absolute Gasteiger partial charge is 0.416 e. The van der Waals surface area contributed by atoms with Gasteiger partial charge in [-0.1, -0.05) is 19.9 Å². The number of fused-ring (bicyclic) bond motifs is 1. The highest BCUT2D eigenvalue weighted by atomic mass is 19.4. The van der Waals surface area contributed by atoms with Gasteiger partial charge in [0, 0.05) is 23.3 Å².